The molecule has 0 radical (unpaired) electrons. The van der Waals surface area contributed by atoms with Crippen molar-refractivity contribution in [2.75, 3.05) is 23.8 Å². The lowest BCUT2D eigenvalue weighted by atomic mass is 9.62. The number of aryl methyl sites for hydroxylation is 1. The normalized spacial score (nSPS) is 19.1. The fourth-order valence-electron chi connectivity index (χ4n) is 6.30. The van der Waals surface area contributed by atoms with Crippen LogP contribution in [0.25, 0.3) is 0 Å². The highest BCUT2D eigenvalue weighted by Gasteiger charge is 2.42. The van der Waals surface area contributed by atoms with Crippen LogP contribution in [0, 0.1) is 17.8 Å². The number of esters is 1. The number of rotatable bonds is 14. The first-order chi connectivity index (χ1) is 20.9. The number of ether oxygens (including phenoxy) is 1. The van der Waals surface area contributed by atoms with Gasteiger partial charge in [0, 0.05) is 30.0 Å². The zero-order chi connectivity index (χ0) is 32.2. The van der Waals surface area contributed by atoms with Crippen molar-refractivity contribution in [2.45, 2.75) is 105 Å². The molecule has 1 saturated carbocycles. The third-order valence-corrected chi connectivity index (χ3v) is 7.92. The lowest BCUT2D eigenvalue weighted by Crippen LogP contribution is -2.51. The van der Waals surface area contributed by atoms with Crippen LogP contribution in [-0.2, 0) is 4.74 Å². The Balaban J connectivity index is 1.44. The molecule has 11 heteroatoms. The van der Waals surface area contributed by atoms with E-state index >= 15 is 0 Å². The molecular formula is C33H50N6O5. The second-order valence-corrected chi connectivity index (χ2v) is 13.2. The summed E-state index contributed by atoms with van der Waals surface area (Å²) in [5, 5.41) is 11.4. The first kappa shape index (κ1) is 34.6. The monoisotopic (exact) mass is 610 g/mol. The van der Waals surface area contributed by atoms with Crippen LogP contribution in [0.4, 0.5) is 21.2 Å². The van der Waals surface area contributed by atoms with E-state index in [9.17, 15) is 19.2 Å². The number of H-pyrrole nitrogens is 1. The van der Waals surface area contributed by atoms with Crippen LogP contribution in [0.2, 0.25) is 0 Å². The molecule has 1 fully saturated rings. The van der Waals surface area contributed by atoms with Crippen molar-refractivity contribution in [3.8, 4) is 0 Å². The van der Waals surface area contributed by atoms with Crippen LogP contribution in [0.3, 0.4) is 0 Å². The number of nitrogens with zero attached hydrogens (tertiary/aromatic N) is 1. The molecule has 5 N–H and O–H groups in total. The first-order valence-electron chi connectivity index (χ1n) is 15.8. The van der Waals surface area contributed by atoms with Gasteiger partial charge in [0.05, 0.1) is 12.2 Å². The number of anilines is 2. The van der Waals surface area contributed by atoms with E-state index in [1.807, 2.05) is 0 Å². The number of aromatic amines is 1. The van der Waals surface area contributed by atoms with Crippen LogP contribution in [-0.4, -0.2) is 47.2 Å². The standard InChI is InChI=1S/C33H50N6O5/c1-6-7-8-9-10-11-12-17-44-28(41)24-13-15-25(16-14-24)36-31(43)37-26-19-32(3,4)21-33(5,20-26)22-34-30(42)39-29-35-23(2)18-27(40)38-29/h13-16,18,26H,6-12,17,19-22H2,1-5H3,(H2,36,37,43)(H3,34,35,38,39,40,42). The molecule has 1 aromatic heterocycles. The Morgan fingerprint density at radius 2 is 1.64 bits per heavy atom. The Labute approximate surface area is 260 Å². The number of unbranched alkanes of at least 4 members (excludes halogenated alkanes) is 6. The van der Waals surface area contributed by atoms with Gasteiger partial charge in [-0.15, -0.1) is 0 Å². The van der Waals surface area contributed by atoms with Crippen molar-refractivity contribution in [1.82, 2.24) is 20.6 Å². The van der Waals surface area contributed by atoms with Crippen LogP contribution >= 0.6 is 0 Å². The average molecular weight is 611 g/mol. The van der Waals surface area contributed by atoms with Gasteiger partial charge in [0.25, 0.3) is 5.56 Å². The quantitative estimate of drug-likeness (QED) is 0.121. The summed E-state index contributed by atoms with van der Waals surface area (Å²) in [6, 6.07) is 7.14. The van der Waals surface area contributed by atoms with Crippen molar-refractivity contribution in [3.05, 3.63) is 51.9 Å². The summed E-state index contributed by atoms with van der Waals surface area (Å²) in [4.78, 5) is 56.1. The second kappa shape index (κ2) is 16.3. The van der Waals surface area contributed by atoms with Crippen molar-refractivity contribution in [3.63, 3.8) is 0 Å². The lowest BCUT2D eigenvalue weighted by Gasteiger charge is -2.46. The van der Waals surface area contributed by atoms with Crippen LogP contribution < -0.4 is 26.8 Å². The highest BCUT2D eigenvalue weighted by molar-refractivity contribution is 5.92. The molecule has 0 bridgehead atoms. The van der Waals surface area contributed by atoms with E-state index in [4.69, 9.17) is 4.74 Å². The van der Waals surface area contributed by atoms with Gasteiger partial charge in [-0.3, -0.25) is 10.1 Å². The molecule has 1 heterocycles. The predicted molar refractivity (Wildman–Crippen MR) is 173 cm³/mol. The molecular weight excluding hydrogens is 560 g/mol. The molecule has 1 aliphatic rings. The number of benzene rings is 1. The zero-order valence-corrected chi connectivity index (χ0v) is 26.9. The fourth-order valence-corrected chi connectivity index (χ4v) is 6.30. The molecule has 3 rings (SSSR count). The first-order valence-corrected chi connectivity index (χ1v) is 15.8. The maximum absolute atomic E-state index is 12.9. The van der Waals surface area contributed by atoms with E-state index in [0.29, 0.717) is 36.5 Å². The van der Waals surface area contributed by atoms with Gasteiger partial charge < -0.3 is 25.7 Å². The third kappa shape index (κ3) is 12.0. The van der Waals surface area contributed by atoms with E-state index in [0.717, 1.165) is 25.7 Å². The Morgan fingerprint density at radius 3 is 2.32 bits per heavy atom. The van der Waals surface area contributed by atoms with Gasteiger partial charge in [-0.25, -0.2) is 14.4 Å². The van der Waals surface area contributed by atoms with Gasteiger partial charge in [-0.2, -0.15) is 4.98 Å². The summed E-state index contributed by atoms with van der Waals surface area (Å²) in [6.07, 6.45) is 10.4. The minimum atomic E-state index is -0.462. The maximum atomic E-state index is 12.9. The van der Waals surface area contributed by atoms with Crippen molar-refractivity contribution >= 4 is 29.7 Å². The molecule has 11 nitrogen and oxygen atoms in total. The third-order valence-electron chi connectivity index (χ3n) is 7.92. The second-order valence-electron chi connectivity index (χ2n) is 13.2. The number of carbonyl (C=O) groups excluding carboxylic acids is 3. The highest BCUT2D eigenvalue weighted by atomic mass is 16.5. The van der Waals surface area contributed by atoms with Crippen LogP contribution in [0.1, 0.15) is 108 Å². The fraction of sp³-hybridized carbons (Fsp3) is 0.606. The van der Waals surface area contributed by atoms with Crippen LogP contribution in [0.5, 0.6) is 0 Å². The summed E-state index contributed by atoms with van der Waals surface area (Å²) in [5.74, 6) is -0.271. The smallest absolute Gasteiger partial charge is 0.338 e. The predicted octanol–water partition coefficient (Wildman–Crippen LogP) is 6.51. The largest absolute Gasteiger partial charge is 0.462 e. The van der Waals surface area contributed by atoms with Gasteiger partial charge in [-0.05, 0) is 67.7 Å². The number of urea groups is 2. The maximum Gasteiger partial charge on any atom is 0.338 e. The molecule has 2 aromatic rings. The summed E-state index contributed by atoms with van der Waals surface area (Å²) < 4.78 is 5.40. The van der Waals surface area contributed by atoms with Crippen molar-refractivity contribution in [2.24, 2.45) is 10.8 Å². The number of amides is 4. The van der Waals surface area contributed by atoms with Gasteiger partial charge in [-0.1, -0.05) is 66.2 Å². The van der Waals surface area contributed by atoms with Gasteiger partial charge in [0.15, 0.2) is 0 Å². The van der Waals surface area contributed by atoms with E-state index in [-0.39, 0.29) is 34.8 Å². The van der Waals surface area contributed by atoms with Crippen LogP contribution in [0.15, 0.2) is 35.1 Å². The lowest BCUT2D eigenvalue weighted by molar-refractivity contribution is 0.0497. The molecule has 44 heavy (non-hydrogen) atoms. The Hall–Kier alpha value is -3.89. The summed E-state index contributed by atoms with van der Waals surface area (Å²) in [6.45, 7) is 11.1. The molecule has 0 aliphatic heterocycles. The molecule has 1 aromatic carbocycles. The minimum Gasteiger partial charge on any atom is -0.462 e. The van der Waals surface area contributed by atoms with Gasteiger partial charge in [0.1, 0.15) is 0 Å². The Bertz CT molecular complexity index is 1310. The topological polar surface area (TPSA) is 154 Å². The average Bonchev–Trinajstić information content (AvgIpc) is 2.92. The Kier molecular flexibility index (Phi) is 12.8. The molecule has 242 valence electrons. The Morgan fingerprint density at radius 1 is 0.955 bits per heavy atom. The summed E-state index contributed by atoms with van der Waals surface area (Å²) in [5.41, 5.74) is 0.846. The molecule has 0 spiro atoms. The molecule has 0 saturated heterocycles. The SMILES string of the molecule is CCCCCCCCCOC(=O)c1ccc(NC(=O)NC2CC(C)(C)CC(C)(CNC(=O)Nc3nc(=O)cc(C)[nH]3)C2)cc1. The van der Waals surface area contributed by atoms with Crippen molar-refractivity contribution in [1.29, 1.82) is 0 Å². The molecule has 2 atom stereocenters. The van der Waals surface area contributed by atoms with Gasteiger partial charge in [0.2, 0.25) is 5.95 Å². The number of aromatic nitrogens is 2. The van der Waals surface area contributed by atoms with E-state index in [1.165, 1.54) is 38.2 Å². The van der Waals surface area contributed by atoms with E-state index in [2.05, 4.69) is 58.9 Å². The zero-order valence-electron chi connectivity index (χ0n) is 26.9. The summed E-state index contributed by atoms with van der Waals surface area (Å²) >= 11 is 0. The van der Waals surface area contributed by atoms with Crippen molar-refractivity contribution < 1.29 is 19.1 Å². The van der Waals surface area contributed by atoms with E-state index in [1.54, 1.807) is 31.2 Å². The molecule has 2 unspecified atom stereocenters. The highest BCUT2D eigenvalue weighted by Crippen LogP contribution is 2.45. The number of carbonyl (C=O) groups is 3. The number of hydrogen-bond acceptors (Lipinski definition) is 6. The minimum absolute atomic E-state index is 0.0660. The van der Waals surface area contributed by atoms with E-state index < -0.39 is 11.6 Å². The number of hydrogen-bond donors (Lipinski definition) is 5. The number of nitrogens with one attached hydrogen (secondary N) is 5. The molecule has 4 amide bonds. The summed E-state index contributed by atoms with van der Waals surface area (Å²) in [7, 11) is 0. The van der Waals surface area contributed by atoms with Gasteiger partial charge >= 0.3 is 18.0 Å². The molecule has 1 aliphatic carbocycles.